The summed E-state index contributed by atoms with van der Waals surface area (Å²) < 4.78 is 7.53. The summed E-state index contributed by atoms with van der Waals surface area (Å²) in [6, 6.07) is 8.89. The summed E-state index contributed by atoms with van der Waals surface area (Å²) in [4.78, 5) is 34.0. The molecule has 1 aliphatic heterocycles. The molecule has 2 aromatic heterocycles. The van der Waals surface area contributed by atoms with Gasteiger partial charge in [0, 0.05) is 36.8 Å². The topological polar surface area (TPSA) is 80.2 Å². The standard InChI is InChI=1S/C19H20N4O3/c1-12-20-15(9-18(24)21-12)17-11-26-8-7-23(17)19(25)14-10-22(2)16-6-4-3-5-13(14)16/h3-6,9-10,17H,7-8,11H2,1-2H3,(H,20,21,24). The molecule has 0 aliphatic carbocycles. The van der Waals surface area contributed by atoms with Crippen LogP contribution in [0.25, 0.3) is 10.9 Å². The first-order valence-electron chi connectivity index (χ1n) is 8.55. The number of amides is 1. The largest absolute Gasteiger partial charge is 0.377 e. The maximum atomic E-state index is 13.3. The van der Waals surface area contributed by atoms with Crippen LogP contribution in [-0.2, 0) is 11.8 Å². The molecular formula is C19H20N4O3. The number of carbonyl (C=O) groups is 1. The zero-order chi connectivity index (χ0) is 18.3. The second-order valence-corrected chi connectivity index (χ2v) is 6.52. The van der Waals surface area contributed by atoms with Gasteiger partial charge in [-0.1, -0.05) is 18.2 Å². The molecule has 1 atom stereocenters. The van der Waals surface area contributed by atoms with Gasteiger partial charge in [-0.3, -0.25) is 9.59 Å². The smallest absolute Gasteiger partial charge is 0.256 e. The predicted octanol–water partition coefficient (Wildman–Crippen LogP) is 1.78. The maximum Gasteiger partial charge on any atom is 0.256 e. The molecule has 1 fully saturated rings. The first-order valence-corrected chi connectivity index (χ1v) is 8.55. The highest BCUT2D eigenvalue weighted by Gasteiger charge is 2.32. The number of nitrogens with zero attached hydrogens (tertiary/aromatic N) is 3. The molecule has 1 unspecified atom stereocenters. The fraction of sp³-hybridized carbons (Fsp3) is 0.316. The van der Waals surface area contributed by atoms with E-state index in [1.807, 2.05) is 42.1 Å². The van der Waals surface area contributed by atoms with Gasteiger partial charge in [0.25, 0.3) is 11.5 Å². The molecule has 1 aliphatic rings. The fourth-order valence-electron chi connectivity index (χ4n) is 3.53. The van der Waals surface area contributed by atoms with Crippen LogP contribution in [-0.4, -0.2) is 45.1 Å². The Hall–Kier alpha value is -2.93. The number of fused-ring (bicyclic) bond motifs is 1. The molecule has 7 nitrogen and oxygen atoms in total. The van der Waals surface area contributed by atoms with Crippen molar-refractivity contribution in [2.24, 2.45) is 7.05 Å². The number of rotatable bonds is 2. The zero-order valence-electron chi connectivity index (χ0n) is 14.7. The minimum atomic E-state index is -0.379. The van der Waals surface area contributed by atoms with E-state index in [4.69, 9.17) is 4.74 Å². The van der Waals surface area contributed by atoms with Gasteiger partial charge < -0.3 is 19.2 Å². The molecule has 4 rings (SSSR count). The zero-order valence-corrected chi connectivity index (χ0v) is 14.7. The van der Waals surface area contributed by atoms with Crippen LogP contribution >= 0.6 is 0 Å². The molecule has 1 saturated heterocycles. The molecule has 7 heteroatoms. The Morgan fingerprint density at radius 2 is 2.15 bits per heavy atom. The Bertz CT molecular complexity index is 1040. The molecule has 0 spiro atoms. The van der Waals surface area contributed by atoms with E-state index >= 15 is 0 Å². The van der Waals surface area contributed by atoms with Gasteiger partial charge in [-0.25, -0.2) is 4.98 Å². The van der Waals surface area contributed by atoms with Gasteiger partial charge in [0.05, 0.1) is 30.5 Å². The third kappa shape index (κ3) is 2.80. The van der Waals surface area contributed by atoms with Crippen molar-refractivity contribution in [3.63, 3.8) is 0 Å². The number of aromatic nitrogens is 3. The third-order valence-corrected chi connectivity index (χ3v) is 4.74. The lowest BCUT2D eigenvalue weighted by Crippen LogP contribution is -2.44. The Morgan fingerprint density at radius 3 is 2.96 bits per heavy atom. The number of H-pyrrole nitrogens is 1. The fourth-order valence-corrected chi connectivity index (χ4v) is 3.53. The molecule has 3 aromatic rings. The normalized spacial score (nSPS) is 17.6. The first-order chi connectivity index (χ1) is 12.5. The summed E-state index contributed by atoms with van der Waals surface area (Å²) in [6.45, 7) is 2.98. The average Bonchev–Trinajstić information content (AvgIpc) is 2.97. The minimum absolute atomic E-state index is 0.0742. The molecule has 1 aromatic carbocycles. The van der Waals surface area contributed by atoms with Crippen molar-refractivity contribution >= 4 is 16.8 Å². The Kier molecular flexibility index (Phi) is 4.08. The van der Waals surface area contributed by atoms with Crippen LogP contribution in [0, 0.1) is 6.92 Å². The van der Waals surface area contributed by atoms with Crippen LogP contribution in [0.1, 0.15) is 27.9 Å². The summed E-state index contributed by atoms with van der Waals surface area (Å²) in [5.74, 6) is 0.450. The summed E-state index contributed by atoms with van der Waals surface area (Å²) >= 11 is 0. The molecule has 1 amide bonds. The number of aryl methyl sites for hydroxylation is 2. The Morgan fingerprint density at radius 1 is 1.35 bits per heavy atom. The SMILES string of the molecule is Cc1nc(C2COCCN2C(=O)c2cn(C)c3ccccc23)cc(=O)[nH]1. The number of ether oxygens (including phenoxy) is 1. The molecule has 134 valence electrons. The van der Waals surface area contributed by atoms with Crippen LogP contribution < -0.4 is 5.56 Å². The molecular weight excluding hydrogens is 332 g/mol. The van der Waals surface area contributed by atoms with Crippen LogP contribution in [0.3, 0.4) is 0 Å². The second kappa shape index (κ2) is 6.42. The second-order valence-electron chi connectivity index (χ2n) is 6.52. The van der Waals surface area contributed by atoms with E-state index < -0.39 is 0 Å². The monoisotopic (exact) mass is 352 g/mol. The number of para-hydroxylation sites is 1. The van der Waals surface area contributed by atoms with Crippen LogP contribution in [0.15, 0.2) is 41.3 Å². The van der Waals surface area contributed by atoms with E-state index in [1.165, 1.54) is 6.07 Å². The molecule has 0 bridgehead atoms. The molecule has 26 heavy (non-hydrogen) atoms. The molecule has 0 radical (unpaired) electrons. The quantitative estimate of drug-likeness (QED) is 0.762. The van der Waals surface area contributed by atoms with Crippen LogP contribution in [0.2, 0.25) is 0 Å². The highest BCUT2D eigenvalue weighted by atomic mass is 16.5. The number of nitrogens with one attached hydrogen (secondary N) is 1. The molecule has 0 saturated carbocycles. The molecule has 1 N–H and O–H groups in total. The van der Waals surface area contributed by atoms with Gasteiger partial charge in [-0.05, 0) is 13.0 Å². The summed E-state index contributed by atoms with van der Waals surface area (Å²) in [7, 11) is 1.93. The van der Waals surface area contributed by atoms with E-state index in [1.54, 1.807) is 11.8 Å². The number of hydrogen-bond acceptors (Lipinski definition) is 4. The van der Waals surface area contributed by atoms with Crippen LogP contribution in [0.5, 0.6) is 0 Å². The number of aromatic amines is 1. The van der Waals surface area contributed by atoms with Crippen molar-refractivity contribution < 1.29 is 9.53 Å². The highest BCUT2D eigenvalue weighted by molar-refractivity contribution is 6.07. The summed E-state index contributed by atoms with van der Waals surface area (Å²) in [5.41, 5.74) is 1.98. The summed E-state index contributed by atoms with van der Waals surface area (Å²) in [6.07, 6.45) is 1.86. The molecule has 3 heterocycles. The van der Waals surface area contributed by atoms with E-state index in [0.717, 1.165) is 10.9 Å². The minimum Gasteiger partial charge on any atom is -0.377 e. The highest BCUT2D eigenvalue weighted by Crippen LogP contribution is 2.28. The average molecular weight is 352 g/mol. The van der Waals surface area contributed by atoms with E-state index in [9.17, 15) is 9.59 Å². The van der Waals surface area contributed by atoms with Gasteiger partial charge in [-0.2, -0.15) is 0 Å². The number of hydrogen-bond donors (Lipinski definition) is 1. The van der Waals surface area contributed by atoms with Crippen molar-refractivity contribution in [3.05, 3.63) is 64.0 Å². The van der Waals surface area contributed by atoms with Gasteiger partial charge in [0.15, 0.2) is 0 Å². The van der Waals surface area contributed by atoms with E-state index in [0.29, 0.717) is 36.8 Å². The lowest BCUT2D eigenvalue weighted by molar-refractivity contribution is -0.00391. The third-order valence-electron chi connectivity index (χ3n) is 4.74. The Labute approximate surface area is 150 Å². The van der Waals surface area contributed by atoms with E-state index in [2.05, 4.69) is 9.97 Å². The van der Waals surface area contributed by atoms with Crippen molar-refractivity contribution in [2.75, 3.05) is 19.8 Å². The first kappa shape index (κ1) is 16.5. The summed E-state index contributed by atoms with van der Waals surface area (Å²) in [5, 5.41) is 0.917. The maximum absolute atomic E-state index is 13.3. The van der Waals surface area contributed by atoms with Gasteiger partial charge in [-0.15, -0.1) is 0 Å². The van der Waals surface area contributed by atoms with Crippen LogP contribution in [0.4, 0.5) is 0 Å². The Balaban J connectivity index is 1.76. The van der Waals surface area contributed by atoms with Crippen molar-refractivity contribution in [1.82, 2.24) is 19.4 Å². The lowest BCUT2D eigenvalue weighted by Gasteiger charge is -2.35. The number of carbonyl (C=O) groups excluding carboxylic acids is 1. The van der Waals surface area contributed by atoms with Crippen molar-refractivity contribution in [3.8, 4) is 0 Å². The predicted molar refractivity (Wildman–Crippen MR) is 97.1 cm³/mol. The van der Waals surface area contributed by atoms with Gasteiger partial charge in [0.2, 0.25) is 0 Å². The van der Waals surface area contributed by atoms with E-state index in [-0.39, 0.29) is 17.5 Å². The van der Waals surface area contributed by atoms with Gasteiger partial charge >= 0.3 is 0 Å². The number of morpholine rings is 1. The van der Waals surface area contributed by atoms with Crippen molar-refractivity contribution in [2.45, 2.75) is 13.0 Å². The van der Waals surface area contributed by atoms with Crippen molar-refractivity contribution in [1.29, 1.82) is 0 Å². The number of benzene rings is 1. The van der Waals surface area contributed by atoms with Gasteiger partial charge in [0.1, 0.15) is 5.82 Å². The lowest BCUT2D eigenvalue weighted by atomic mass is 10.1.